The first-order chi connectivity index (χ1) is 17.1. The van der Waals surface area contributed by atoms with Crippen molar-refractivity contribution in [3.05, 3.63) is 100 Å². The second-order valence-corrected chi connectivity index (χ2v) is 10.8. The highest BCUT2D eigenvalue weighted by atomic mass is 16.2. The third-order valence-electron chi connectivity index (χ3n) is 7.55. The fraction of sp³-hybridized carbons (Fsp3) is 0.323. The van der Waals surface area contributed by atoms with Crippen molar-refractivity contribution >= 4 is 23.4 Å². The van der Waals surface area contributed by atoms with E-state index in [2.05, 4.69) is 39.8 Å². The number of rotatable bonds is 4. The van der Waals surface area contributed by atoms with E-state index in [9.17, 15) is 14.4 Å². The zero-order valence-corrected chi connectivity index (χ0v) is 21.5. The van der Waals surface area contributed by atoms with Crippen LogP contribution < -0.4 is 4.90 Å². The highest BCUT2D eigenvalue weighted by Crippen LogP contribution is 2.46. The van der Waals surface area contributed by atoms with E-state index < -0.39 is 23.4 Å². The van der Waals surface area contributed by atoms with Crippen LogP contribution in [0.4, 0.5) is 5.69 Å². The molecule has 5 heteroatoms. The standard InChI is InChI=1S/C31H32N2O3/c1-19-15-20(2)27-25(16-19)21(3)18-31(4,5)33(27)30(36)26(17-22-11-7-6-8-12-22)32-28(34)23-13-9-10-14-24(23)29(32)35/h6-16,21,26H,17-18H2,1-5H3. The lowest BCUT2D eigenvalue weighted by molar-refractivity contribution is -0.123. The molecule has 2 heterocycles. The van der Waals surface area contributed by atoms with Crippen LogP contribution in [0, 0.1) is 13.8 Å². The van der Waals surface area contributed by atoms with Gasteiger partial charge in [0.25, 0.3) is 17.7 Å². The Morgan fingerprint density at radius 1 is 0.944 bits per heavy atom. The van der Waals surface area contributed by atoms with E-state index in [-0.39, 0.29) is 18.2 Å². The Balaban J connectivity index is 1.65. The van der Waals surface area contributed by atoms with Crippen LogP contribution in [-0.4, -0.2) is 34.2 Å². The molecule has 0 aromatic heterocycles. The van der Waals surface area contributed by atoms with Crippen LogP contribution in [0.3, 0.4) is 0 Å². The monoisotopic (exact) mass is 480 g/mol. The van der Waals surface area contributed by atoms with E-state index >= 15 is 0 Å². The smallest absolute Gasteiger partial charge is 0.262 e. The van der Waals surface area contributed by atoms with Gasteiger partial charge in [-0.05, 0) is 68.9 Å². The first-order valence-corrected chi connectivity index (χ1v) is 12.6. The van der Waals surface area contributed by atoms with E-state index in [0.29, 0.717) is 11.1 Å². The molecule has 5 nitrogen and oxygen atoms in total. The van der Waals surface area contributed by atoms with E-state index in [0.717, 1.165) is 34.4 Å². The summed E-state index contributed by atoms with van der Waals surface area (Å²) in [6.45, 7) is 10.5. The Morgan fingerprint density at radius 3 is 2.14 bits per heavy atom. The van der Waals surface area contributed by atoms with Crippen LogP contribution >= 0.6 is 0 Å². The number of hydrogen-bond acceptors (Lipinski definition) is 3. The normalized spacial score (nSPS) is 19.2. The van der Waals surface area contributed by atoms with Gasteiger partial charge < -0.3 is 4.90 Å². The van der Waals surface area contributed by atoms with Gasteiger partial charge in [0.15, 0.2) is 0 Å². The quantitative estimate of drug-likeness (QED) is 0.442. The average Bonchev–Trinajstić information content (AvgIpc) is 3.08. The molecule has 2 aliphatic rings. The van der Waals surface area contributed by atoms with E-state index in [1.54, 1.807) is 24.3 Å². The summed E-state index contributed by atoms with van der Waals surface area (Å²) in [5.74, 6) is -0.758. The van der Waals surface area contributed by atoms with Crippen LogP contribution in [0.25, 0.3) is 0 Å². The highest BCUT2D eigenvalue weighted by Gasteiger charge is 2.48. The summed E-state index contributed by atoms with van der Waals surface area (Å²) in [7, 11) is 0. The van der Waals surface area contributed by atoms with Gasteiger partial charge in [0.2, 0.25) is 0 Å². The largest absolute Gasteiger partial charge is 0.304 e. The lowest BCUT2D eigenvalue weighted by Gasteiger charge is -2.48. The molecule has 0 N–H and O–H groups in total. The van der Waals surface area contributed by atoms with Gasteiger partial charge >= 0.3 is 0 Å². The number of anilines is 1. The van der Waals surface area contributed by atoms with Crippen molar-refractivity contribution in [2.45, 2.75) is 65.0 Å². The highest BCUT2D eigenvalue weighted by molar-refractivity contribution is 6.23. The van der Waals surface area contributed by atoms with Gasteiger partial charge in [0.1, 0.15) is 6.04 Å². The van der Waals surface area contributed by atoms with Crippen molar-refractivity contribution in [3.63, 3.8) is 0 Å². The fourth-order valence-electron chi connectivity index (χ4n) is 6.10. The Hall–Kier alpha value is -3.73. The lowest BCUT2D eigenvalue weighted by atomic mass is 9.78. The molecule has 3 aromatic carbocycles. The van der Waals surface area contributed by atoms with Crippen molar-refractivity contribution in [2.24, 2.45) is 0 Å². The van der Waals surface area contributed by atoms with E-state index in [1.165, 1.54) is 4.90 Å². The molecule has 3 amide bonds. The minimum Gasteiger partial charge on any atom is -0.304 e. The van der Waals surface area contributed by atoms with Gasteiger partial charge in [-0.1, -0.05) is 67.1 Å². The molecule has 0 radical (unpaired) electrons. The summed E-state index contributed by atoms with van der Waals surface area (Å²) in [6.07, 6.45) is 1.04. The van der Waals surface area contributed by atoms with E-state index in [1.807, 2.05) is 42.2 Å². The molecule has 2 aliphatic heterocycles. The Labute approximate surface area is 212 Å². The van der Waals surface area contributed by atoms with Gasteiger partial charge in [-0.15, -0.1) is 0 Å². The minimum atomic E-state index is -0.957. The van der Waals surface area contributed by atoms with Crippen LogP contribution in [0.5, 0.6) is 0 Å². The van der Waals surface area contributed by atoms with Gasteiger partial charge in [-0.25, -0.2) is 0 Å². The Bertz CT molecular complexity index is 1340. The number of benzene rings is 3. The van der Waals surface area contributed by atoms with Crippen molar-refractivity contribution in [3.8, 4) is 0 Å². The number of imide groups is 1. The fourth-order valence-corrected chi connectivity index (χ4v) is 6.10. The molecule has 0 saturated heterocycles. The summed E-state index contributed by atoms with van der Waals surface area (Å²) in [6, 6.07) is 19.7. The molecule has 0 saturated carbocycles. The topological polar surface area (TPSA) is 57.7 Å². The summed E-state index contributed by atoms with van der Waals surface area (Å²) in [4.78, 5) is 44.8. The predicted octanol–water partition coefficient (Wildman–Crippen LogP) is 5.83. The van der Waals surface area contributed by atoms with Crippen LogP contribution in [-0.2, 0) is 11.2 Å². The summed E-state index contributed by atoms with van der Waals surface area (Å²) < 4.78 is 0. The predicted molar refractivity (Wildman–Crippen MR) is 141 cm³/mol. The van der Waals surface area contributed by atoms with Crippen molar-refractivity contribution in [1.82, 2.24) is 4.90 Å². The van der Waals surface area contributed by atoms with Gasteiger partial charge in [0, 0.05) is 12.0 Å². The maximum Gasteiger partial charge on any atom is 0.262 e. The van der Waals surface area contributed by atoms with Crippen molar-refractivity contribution in [2.75, 3.05) is 4.90 Å². The average molecular weight is 481 g/mol. The summed E-state index contributed by atoms with van der Waals surface area (Å²) in [5.41, 5.74) is 5.35. The molecular formula is C31H32N2O3. The molecule has 0 fully saturated rings. The van der Waals surface area contributed by atoms with Gasteiger partial charge in [0.05, 0.1) is 16.8 Å². The number of aryl methyl sites for hydroxylation is 2. The van der Waals surface area contributed by atoms with Crippen molar-refractivity contribution in [1.29, 1.82) is 0 Å². The van der Waals surface area contributed by atoms with Crippen molar-refractivity contribution < 1.29 is 14.4 Å². The van der Waals surface area contributed by atoms with Gasteiger partial charge in [-0.3, -0.25) is 19.3 Å². The number of amides is 3. The number of carbonyl (C=O) groups is 3. The number of nitrogens with zero attached hydrogens (tertiary/aromatic N) is 2. The SMILES string of the molecule is Cc1cc(C)c2c(c1)C(C)CC(C)(C)N2C(=O)C(Cc1ccccc1)N1C(=O)c2ccccc2C1=O. The zero-order chi connectivity index (χ0) is 25.8. The second kappa shape index (κ2) is 8.74. The summed E-state index contributed by atoms with van der Waals surface area (Å²) in [5, 5.41) is 0. The third kappa shape index (κ3) is 3.83. The summed E-state index contributed by atoms with van der Waals surface area (Å²) >= 11 is 0. The second-order valence-electron chi connectivity index (χ2n) is 10.8. The van der Waals surface area contributed by atoms with Crippen LogP contribution in [0.15, 0.2) is 66.7 Å². The molecule has 184 valence electrons. The molecule has 0 spiro atoms. The first kappa shape index (κ1) is 24.0. The van der Waals surface area contributed by atoms with Gasteiger partial charge in [-0.2, -0.15) is 0 Å². The van der Waals surface area contributed by atoms with E-state index in [4.69, 9.17) is 0 Å². The zero-order valence-electron chi connectivity index (χ0n) is 21.5. The Kier molecular flexibility index (Phi) is 5.82. The molecule has 0 aliphatic carbocycles. The number of hydrogen-bond donors (Lipinski definition) is 0. The molecular weight excluding hydrogens is 448 g/mol. The molecule has 3 aromatic rings. The Morgan fingerprint density at radius 2 is 1.53 bits per heavy atom. The maximum absolute atomic E-state index is 14.6. The van der Waals surface area contributed by atoms with Crippen LogP contribution in [0.2, 0.25) is 0 Å². The molecule has 0 bridgehead atoms. The maximum atomic E-state index is 14.6. The minimum absolute atomic E-state index is 0.224. The lowest BCUT2D eigenvalue weighted by Crippen LogP contribution is -2.59. The molecule has 36 heavy (non-hydrogen) atoms. The third-order valence-corrected chi connectivity index (χ3v) is 7.55. The number of carbonyl (C=O) groups excluding carboxylic acids is 3. The number of fused-ring (bicyclic) bond motifs is 2. The molecule has 2 atom stereocenters. The first-order valence-electron chi connectivity index (χ1n) is 12.6. The molecule has 5 rings (SSSR count). The molecule has 2 unspecified atom stereocenters. The van der Waals surface area contributed by atoms with Crippen LogP contribution in [0.1, 0.15) is 76.1 Å².